The molecule has 0 aliphatic carbocycles. The van der Waals surface area contributed by atoms with Gasteiger partial charge in [0, 0.05) is 35.7 Å². The van der Waals surface area contributed by atoms with Gasteiger partial charge in [0.1, 0.15) is 6.04 Å². The molecule has 11 nitrogen and oxygen atoms in total. The van der Waals surface area contributed by atoms with Crippen LogP contribution in [0.1, 0.15) is 20.3 Å². The molecular weight excluding hydrogens is 412 g/mol. The summed E-state index contributed by atoms with van der Waals surface area (Å²) in [5, 5.41) is 39.5. The zero-order chi connectivity index (χ0) is 21.2. The maximum Gasteiger partial charge on any atom is 0.321 e. The van der Waals surface area contributed by atoms with Crippen LogP contribution in [0, 0.1) is 11.8 Å². The van der Waals surface area contributed by atoms with Gasteiger partial charge in [-0.3, -0.25) is 14.9 Å². The van der Waals surface area contributed by atoms with E-state index in [-0.39, 0.29) is 29.0 Å². The molecule has 28 heavy (non-hydrogen) atoms. The minimum absolute atomic E-state index is 0.0388. The fourth-order valence-electron chi connectivity index (χ4n) is 3.95. The van der Waals surface area contributed by atoms with Crippen LogP contribution in [0.15, 0.2) is 0 Å². The van der Waals surface area contributed by atoms with E-state index in [0.29, 0.717) is 13.0 Å². The first-order valence-corrected chi connectivity index (χ1v) is 11.5. The first-order chi connectivity index (χ1) is 12.9. The van der Waals surface area contributed by atoms with Crippen molar-refractivity contribution in [2.75, 3.05) is 13.1 Å². The summed E-state index contributed by atoms with van der Waals surface area (Å²) in [5.41, 5.74) is 0. The predicted octanol–water partition coefficient (Wildman–Crippen LogP) is -2.25. The number of rotatable bonds is 9. The van der Waals surface area contributed by atoms with Gasteiger partial charge < -0.3 is 20.6 Å². The van der Waals surface area contributed by atoms with Gasteiger partial charge in [0.25, 0.3) is 10.2 Å². The number of aliphatic carboxylic acids is 2. The van der Waals surface area contributed by atoms with Crippen molar-refractivity contribution in [1.82, 2.24) is 15.4 Å². The van der Waals surface area contributed by atoms with E-state index in [1.54, 1.807) is 6.92 Å². The van der Waals surface area contributed by atoms with E-state index in [9.17, 15) is 33.3 Å². The summed E-state index contributed by atoms with van der Waals surface area (Å²) in [5.74, 6) is -3.66. The second kappa shape index (κ2) is 9.24. The third-order valence-corrected chi connectivity index (χ3v) is 7.63. The predicted molar refractivity (Wildman–Crippen MR) is 103 cm³/mol. The molecule has 0 aromatic heterocycles. The first kappa shape index (κ1) is 23.3. The topological polar surface area (TPSA) is 191 Å². The van der Waals surface area contributed by atoms with E-state index in [0.717, 1.165) is 0 Å². The van der Waals surface area contributed by atoms with Gasteiger partial charge >= 0.3 is 11.9 Å². The van der Waals surface area contributed by atoms with E-state index in [4.69, 9.17) is 5.14 Å². The molecule has 2 fully saturated rings. The molecule has 8 N–H and O–H groups in total. The van der Waals surface area contributed by atoms with Crippen LogP contribution in [-0.2, 0) is 19.8 Å². The van der Waals surface area contributed by atoms with E-state index < -0.39 is 46.3 Å². The molecule has 2 saturated heterocycles. The lowest BCUT2D eigenvalue weighted by Crippen LogP contribution is -2.47. The third kappa shape index (κ3) is 5.78. The molecular formula is C15H28N4O7S2. The number of nitrogens with one attached hydrogen (secondary N) is 3. The Morgan fingerprint density at radius 1 is 1.36 bits per heavy atom. The molecule has 8 atom stereocenters. The van der Waals surface area contributed by atoms with E-state index in [1.165, 1.54) is 18.7 Å². The van der Waals surface area contributed by atoms with Crippen LogP contribution in [-0.4, -0.2) is 83.5 Å². The smallest absolute Gasteiger partial charge is 0.321 e. The Balaban J connectivity index is 2.05. The molecule has 0 radical (unpaired) electrons. The molecule has 2 heterocycles. The van der Waals surface area contributed by atoms with E-state index in [1.807, 2.05) is 0 Å². The quantitative estimate of drug-likeness (QED) is 0.206. The number of carboxylic acid groups (broad SMARTS) is 2. The number of hydrogen-bond donors (Lipinski definition) is 7. The van der Waals surface area contributed by atoms with E-state index in [2.05, 4.69) is 15.4 Å². The maximum absolute atomic E-state index is 11.7. The van der Waals surface area contributed by atoms with Crippen LogP contribution < -0.4 is 20.5 Å². The zero-order valence-corrected chi connectivity index (χ0v) is 17.2. The SMILES string of the molecule is C[C@@H]1[C@H]([C@H](C(=O)O)[C@@H](C)O)N[C@H](C(=O)O)[C@H]1S[C@@H]1CN[C@H](CNS(N)(=O)=O)C1. The molecule has 0 amide bonds. The highest BCUT2D eigenvalue weighted by molar-refractivity contribution is 8.00. The Hall–Kier alpha value is -0.960. The summed E-state index contributed by atoms with van der Waals surface area (Å²) in [4.78, 5) is 23.3. The summed E-state index contributed by atoms with van der Waals surface area (Å²) >= 11 is 1.45. The largest absolute Gasteiger partial charge is 0.481 e. The van der Waals surface area contributed by atoms with Gasteiger partial charge in [-0.1, -0.05) is 6.92 Å². The van der Waals surface area contributed by atoms with Crippen LogP contribution in [0.3, 0.4) is 0 Å². The van der Waals surface area contributed by atoms with Crippen molar-refractivity contribution in [1.29, 1.82) is 0 Å². The maximum atomic E-state index is 11.7. The number of carboxylic acids is 2. The Morgan fingerprint density at radius 3 is 2.50 bits per heavy atom. The van der Waals surface area contributed by atoms with Crippen LogP contribution >= 0.6 is 11.8 Å². The number of hydrogen-bond acceptors (Lipinski definition) is 8. The number of thioether (sulfide) groups is 1. The van der Waals surface area contributed by atoms with Gasteiger partial charge in [0.2, 0.25) is 0 Å². The van der Waals surface area contributed by atoms with Crippen LogP contribution in [0.25, 0.3) is 0 Å². The Morgan fingerprint density at radius 2 is 2.00 bits per heavy atom. The highest BCUT2D eigenvalue weighted by Crippen LogP contribution is 2.39. The molecule has 0 saturated carbocycles. The lowest BCUT2D eigenvalue weighted by Gasteiger charge is -2.27. The van der Waals surface area contributed by atoms with Gasteiger partial charge in [0.15, 0.2) is 0 Å². The van der Waals surface area contributed by atoms with Crippen LogP contribution in [0.5, 0.6) is 0 Å². The summed E-state index contributed by atoms with van der Waals surface area (Å²) in [6.07, 6.45) is -0.510. The van der Waals surface area contributed by atoms with Crippen molar-refractivity contribution in [2.45, 2.75) is 55.0 Å². The molecule has 0 bridgehead atoms. The van der Waals surface area contributed by atoms with Crippen LogP contribution in [0.2, 0.25) is 0 Å². The average molecular weight is 441 g/mol. The zero-order valence-electron chi connectivity index (χ0n) is 15.6. The normalized spacial score (nSPS) is 35.6. The Labute approximate surface area is 168 Å². The highest BCUT2D eigenvalue weighted by atomic mass is 32.2. The molecule has 13 heteroatoms. The fraction of sp³-hybridized carbons (Fsp3) is 0.867. The molecule has 2 aliphatic rings. The standard InChI is InChI=1S/C15H28N4O7S2/c1-6-11(10(7(2)20)14(21)22)19-12(15(23)24)13(6)27-9-3-8(17-5-9)4-18-28(16,25)26/h6-13,17-20H,3-5H2,1-2H3,(H,21,22)(H,23,24)(H2,16,25,26)/t6-,7-,8+,9+,10-,11-,12+,13+/m1/s1. The van der Waals surface area contributed by atoms with Crippen LogP contribution in [0.4, 0.5) is 0 Å². The lowest BCUT2D eigenvalue weighted by atomic mass is 9.87. The molecule has 2 aliphatic heterocycles. The van der Waals surface area contributed by atoms with Crippen molar-refractivity contribution in [3.63, 3.8) is 0 Å². The first-order valence-electron chi connectivity index (χ1n) is 8.96. The van der Waals surface area contributed by atoms with Gasteiger partial charge in [-0.25, -0.2) is 9.86 Å². The Bertz CT molecular complexity index is 690. The second-order valence-electron chi connectivity index (χ2n) is 7.43. The molecule has 0 aromatic rings. The van der Waals surface area contributed by atoms with Crippen molar-refractivity contribution < 1.29 is 33.3 Å². The molecule has 0 unspecified atom stereocenters. The molecule has 0 aromatic carbocycles. The van der Waals surface area contributed by atoms with Crippen molar-refractivity contribution in [3.8, 4) is 0 Å². The highest BCUT2D eigenvalue weighted by Gasteiger charge is 2.50. The van der Waals surface area contributed by atoms with Gasteiger partial charge in [-0.05, 0) is 19.3 Å². The van der Waals surface area contributed by atoms with Crippen molar-refractivity contribution in [2.24, 2.45) is 17.0 Å². The van der Waals surface area contributed by atoms with Crippen molar-refractivity contribution >= 4 is 33.9 Å². The molecule has 0 spiro atoms. The van der Waals surface area contributed by atoms with E-state index >= 15 is 0 Å². The molecule has 2 rings (SSSR count). The van der Waals surface area contributed by atoms with Gasteiger partial charge in [-0.15, -0.1) is 0 Å². The van der Waals surface area contributed by atoms with Gasteiger partial charge in [0.05, 0.1) is 12.0 Å². The average Bonchev–Trinajstić information content (AvgIpc) is 3.11. The Kier molecular flexibility index (Phi) is 7.69. The summed E-state index contributed by atoms with van der Waals surface area (Å²) in [6, 6.07) is -1.73. The minimum atomic E-state index is -3.78. The number of aliphatic hydroxyl groups excluding tert-OH is 1. The van der Waals surface area contributed by atoms with Gasteiger partial charge in [-0.2, -0.15) is 20.2 Å². The monoisotopic (exact) mass is 440 g/mol. The third-order valence-electron chi connectivity index (χ3n) is 5.31. The molecule has 162 valence electrons. The fourth-order valence-corrected chi connectivity index (χ4v) is 6.13. The minimum Gasteiger partial charge on any atom is -0.481 e. The second-order valence-corrected chi connectivity index (χ2v) is 10.3. The summed E-state index contributed by atoms with van der Waals surface area (Å²) in [7, 11) is -3.78. The number of nitrogens with two attached hydrogens (primary N) is 1. The number of carbonyl (C=O) groups is 2. The number of aliphatic hydroxyl groups is 1. The lowest BCUT2D eigenvalue weighted by molar-refractivity contribution is -0.147. The summed E-state index contributed by atoms with van der Waals surface area (Å²) < 4.78 is 24.3. The summed E-state index contributed by atoms with van der Waals surface area (Å²) in [6.45, 7) is 3.88. The van der Waals surface area contributed by atoms with Crippen molar-refractivity contribution in [3.05, 3.63) is 0 Å².